The van der Waals surface area contributed by atoms with Gasteiger partial charge in [-0.1, -0.05) is 0 Å². The van der Waals surface area contributed by atoms with Gasteiger partial charge in [-0.15, -0.1) is 0 Å². The molecule has 1 aliphatic heterocycles. The molecule has 3 rings (SSSR count). The molecule has 14 heavy (non-hydrogen) atoms. The molecular formula is C9H11N3OS. The van der Waals surface area contributed by atoms with E-state index in [1.54, 1.807) is 0 Å². The van der Waals surface area contributed by atoms with Gasteiger partial charge < -0.3 is 4.90 Å². The molecule has 0 spiro atoms. The Balaban J connectivity index is 1.78. The third-order valence-corrected chi connectivity index (χ3v) is 3.46. The summed E-state index contributed by atoms with van der Waals surface area (Å²) in [6, 6.07) is 0. The van der Waals surface area contributed by atoms with Crippen LogP contribution in [0, 0.1) is 0 Å². The molecule has 1 saturated heterocycles. The predicted molar refractivity (Wildman–Crippen MR) is 53.7 cm³/mol. The highest BCUT2D eigenvalue weighted by atomic mass is 32.1. The summed E-state index contributed by atoms with van der Waals surface area (Å²) in [5, 5.41) is 0.928. The van der Waals surface area contributed by atoms with Crippen LogP contribution in [0.15, 0.2) is 0 Å². The van der Waals surface area contributed by atoms with Crippen molar-refractivity contribution in [1.82, 2.24) is 9.36 Å². The number of carbonyl (C=O) groups excluding carboxylic acids is 1. The molecule has 4 nitrogen and oxygen atoms in total. The van der Waals surface area contributed by atoms with Gasteiger partial charge in [-0.25, -0.2) is 4.98 Å². The fourth-order valence-corrected chi connectivity index (χ4v) is 2.43. The lowest BCUT2D eigenvalue weighted by atomic mass is 10.4. The number of hydrogen-bond acceptors (Lipinski definition) is 5. The molecule has 0 radical (unpaired) electrons. The minimum atomic E-state index is 0.313. The summed E-state index contributed by atoms with van der Waals surface area (Å²) in [6.45, 7) is 1.34. The molecule has 2 aliphatic rings. The molecule has 0 aromatic carbocycles. The van der Waals surface area contributed by atoms with Crippen molar-refractivity contribution in [3.05, 3.63) is 5.82 Å². The van der Waals surface area contributed by atoms with Crippen LogP contribution in [0.1, 0.15) is 31.0 Å². The van der Waals surface area contributed by atoms with Gasteiger partial charge in [0.15, 0.2) is 5.78 Å². The van der Waals surface area contributed by atoms with Crippen LogP contribution in [-0.4, -0.2) is 28.2 Å². The first-order chi connectivity index (χ1) is 6.83. The maximum atomic E-state index is 11.1. The molecule has 2 heterocycles. The molecule has 0 unspecified atom stereocenters. The van der Waals surface area contributed by atoms with E-state index in [0.29, 0.717) is 24.7 Å². The lowest BCUT2D eigenvalue weighted by Crippen LogP contribution is -2.19. The summed E-state index contributed by atoms with van der Waals surface area (Å²) in [5.74, 6) is 1.91. The molecule has 1 saturated carbocycles. The minimum Gasteiger partial charge on any atom is -0.339 e. The number of aromatic nitrogens is 2. The quantitative estimate of drug-likeness (QED) is 0.734. The number of hydrogen-bond donors (Lipinski definition) is 0. The normalized spacial score (nSPS) is 22.0. The zero-order chi connectivity index (χ0) is 9.54. The number of ketones is 1. The second-order valence-corrected chi connectivity index (χ2v) is 4.65. The summed E-state index contributed by atoms with van der Waals surface area (Å²) in [5.41, 5.74) is 0. The largest absolute Gasteiger partial charge is 0.339 e. The van der Waals surface area contributed by atoms with E-state index in [-0.39, 0.29) is 0 Å². The Bertz CT molecular complexity index is 372. The highest BCUT2D eigenvalue weighted by Crippen LogP contribution is 2.39. The Morgan fingerprint density at radius 3 is 2.93 bits per heavy atom. The summed E-state index contributed by atoms with van der Waals surface area (Å²) in [7, 11) is 0. The van der Waals surface area contributed by atoms with Gasteiger partial charge in [0.05, 0.1) is 6.54 Å². The van der Waals surface area contributed by atoms with Crippen molar-refractivity contribution in [3.63, 3.8) is 0 Å². The van der Waals surface area contributed by atoms with Crippen LogP contribution in [0.5, 0.6) is 0 Å². The number of Topliss-reactive ketones (excluding diaryl/α,β-unsaturated/α-hetero) is 1. The standard InChI is InChI=1S/C9H11N3OS/c13-7-3-4-12(5-7)9-10-8(11-14-9)6-1-2-6/h6H,1-5H2. The average molecular weight is 209 g/mol. The Morgan fingerprint density at radius 2 is 2.29 bits per heavy atom. The second kappa shape index (κ2) is 3.02. The maximum absolute atomic E-state index is 11.1. The van der Waals surface area contributed by atoms with E-state index in [0.717, 1.165) is 17.5 Å². The summed E-state index contributed by atoms with van der Waals surface area (Å²) in [4.78, 5) is 17.6. The third kappa shape index (κ3) is 1.41. The van der Waals surface area contributed by atoms with E-state index in [1.807, 2.05) is 4.90 Å². The Labute approximate surface area is 86.1 Å². The minimum absolute atomic E-state index is 0.313. The predicted octanol–water partition coefficient (Wildman–Crippen LogP) is 1.19. The molecule has 5 heteroatoms. The van der Waals surface area contributed by atoms with Crippen molar-refractivity contribution in [2.75, 3.05) is 18.0 Å². The number of rotatable bonds is 2. The molecule has 0 amide bonds. The number of anilines is 1. The van der Waals surface area contributed by atoms with Gasteiger partial charge in [0.25, 0.3) is 0 Å². The number of nitrogens with zero attached hydrogens (tertiary/aromatic N) is 3. The van der Waals surface area contributed by atoms with E-state index in [4.69, 9.17) is 0 Å². The Hall–Kier alpha value is -0.970. The summed E-state index contributed by atoms with van der Waals surface area (Å²) in [6.07, 6.45) is 3.13. The van der Waals surface area contributed by atoms with Crippen LogP contribution < -0.4 is 4.90 Å². The van der Waals surface area contributed by atoms with Gasteiger partial charge >= 0.3 is 0 Å². The highest BCUT2D eigenvalue weighted by molar-refractivity contribution is 7.09. The maximum Gasteiger partial charge on any atom is 0.205 e. The van der Waals surface area contributed by atoms with Crippen molar-refractivity contribution in [2.24, 2.45) is 0 Å². The van der Waals surface area contributed by atoms with Crippen LogP contribution in [0.3, 0.4) is 0 Å². The van der Waals surface area contributed by atoms with E-state index in [1.165, 1.54) is 24.4 Å². The van der Waals surface area contributed by atoms with Crippen molar-refractivity contribution in [3.8, 4) is 0 Å². The molecule has 0 atom stereocenters. The zero-order valence-corrected chi connectivity index (χ0v) is 8.59. The van der Waals surface area contributed by atoms with Crippen LogP contribution in [0.25, 0.3) is 0 Å². The molecule has 0 N–H and O–H groups in total. The van der Waals surface area contributed by atoms with Crippen LogP contribution >= 0.6 is 11.5 Å². The van der Waals surface area contributed by atoms with E-state index >= 15 is 0 Å². The van der Waals surface area contributed by atoms with E-state index < -0.39 is 0 Å². The van der Waals surface area contributed by atoms with Gasteiger partial charge in [-0.3, -0.25) is 4.79 Å². The van der Waals surface area contributed by atoms with Crippen molar-refractivity contribution < 1.29 is 4.79 Å². The molecule has 1 aliphatic carbocycles. The first kappa shape index (κ1) is 8.35. The molecular weight excluding hydrogens is 198 g/mol. The van der Waals surface area contributed by atoms with Crippen LogP contribution in [-0.2, 0) is 4.79 Å². The SMILES string of the molecule is O=C1CCN(c2nc(C3CC3)ns2)C1. The average Bonchev–Trinajstić information content (AvgIpc) is 2.76. The van der Waals surface area contributed by atoms with Crippen LogP contribution in [0.4, 0.5) is 5.13 Å². The summed E-state index contributed by atoms with van der Waals surface area (Å²) < 4.78 is 4.33. The Kier molecular flexibility index (Phi) is 1.80. The lowest BCUT2D eigenvalue weighted by molar-refractivity contribution is -0.116. The molecule has 0 bridgehead atoms. The van der Waals surface area contributed by atoms with Gasteiger partial charge in [0.2, 0.25) is 5.13 Å². The number of carbonyl (C=O) groups is 1. The molecule has 1 aromatic rings. The van der Waals surface area contributed by atoms with Gasteiger partial charge in [0.1, 0.15) is 5.82 Å². The molecule has 1 aromatic heterocycles. The van der Waals surface area contributed by atoms with Gasteiger partial charge in [0, 0.05) is 30.4 Å². The zero-order valence-electron chi connectivity index (χ0n) is 7.77. The topological polar surface area (TPSA) is 46.1 Å². The molecule has 2 fully saturated rings. The smallest absolute Gasteiger partial charge is 0.205 e. The van der Waals surface area contributed by atoms with Crippen molar-refractivity contribution in [1.29, 1.82) is 0 Å². The lowest BCUT2D eigenvalue weighted by Gasteiger charge is -2.09. The monoisotopic (exact) mass is 209 g/mol. The first-order valence-corrected chi connectivity index (χ1v) is 5.70. The highest BCUT2D eigenvalue weighted by Gasteiger charge is 2.29. The fourth-order valence-electron chi connectivity index (χ4n) is 1.66. The fraction of sp³-hybridized carbons (Fsp3) is 0.667. The van der Waals surface area contributed by atoms with Crippen molar-refractivity contribution >= 4 is 22.4 Å². The third-order valence-electron chi connectivity index (χ3n) is 2.67. The Morgan fingerprint density at radius 1 is 1.43 bits per heavy atom. The van der Waals surface area contributed by atoms with E-state index in [2.05, 4.69) is 9.36 Å². The van der Waals surface area contributed by atoms with Crippen LogP contribution in [0.2, 0.25) is 0 Å². The van der Waals surface area contributed by atoms with Gasteiger partial charge in [-0.2, -0.15) is 4.37 Å². The van der Waals surface area contributed by atoms with Crippen molar-refractivity contribution in [2.45, 2.75) is 25.2 Å². The second-order valence-electron chi connectivity index (χ2n) is 3.92. The summed E-state index contributed by atoms with van der Waals surface area (Å²) >= 11 is 1.43. The molecule has 74 valence electrons. The first-order valence-electron chi connectivity index (χ1n) is 4.93. The van der Waals surface area contributed by atoms with E-state index in [9.17, 15) is 4.79 Å². The van der Waals surface area contributed by atoms with Gasteiger partial charge in [-0.05, 0) is 12.8 Å².